The van der Waals surface area contributed by atoms with Crippen LogP contribution in [0.25, 0.3) is 11.4 Å². The van der Waals surface area contributed by atoms with E-state index in [-0.39, 0.29) is 5.38 Å². The summed E-state index contributed by atoms with van der Waals surface area (Å²) in [6.45, 7) is 9.50. The second-order valence-corrected chi connectivity index (χ2v) is 9.74. The number of hydrogen-bond acceptors (Lipinski definition) is 3. The Morgan fingerprint density at radius 3 is 2.39 bits per heavy atom. The Hall–Kier alpha value is -1.61. The monoisotopic (exact) mass is 444 g/mol. The van der Waals surface area contributed by atoms with E-state index >= 15 is 0 Å². The molecule has 2 aromatic rings. The van der Waals surface area contributed by atoms with Crippen molar-refractivity contribution in [2.75, 3.05) is 6.61 Å². The molecule has 0 bridgehead atoms. The van der Waals surface area contributed by atoms with Gasteiger partial charge in [-0.1, -0.05) is 96.6 Å². The molecule has 0 amide bonds. The van der Waals surface area contributed by atoms with Crippen LogP contribution in [0.4, 0.5) is 0 Å². The minimum absolute atomic E-state index is 0.0142. The van der Waals surface area contributed by atoms with Gasteiger partial charge in [-0.3, -0.25) is 0 Å². The van der Waals surface area contributed by atoms with Crippen molar-refractivity contribution >= 4 is 11.6 Å². The second-order valence-electron chi connectivity index (χ2n) is 9.18. The van der Waals surface area contributed by atoms with E-state index in [4.69, 9.17) is 21.3 Å². The number of aromatic nitrogens is 2. The normalized spacial score (nSPS) is 13.4. The minimum Gasteiger partial charge on any atom is -0.476 e. The van der Waals surface area contributed by atoms with Gasteiger partial charge in [0, 0.05) is 17.3 Å². The van der Waals surface area contributed by atoms with E-state index in [0.717, 1.165) is 36.3 Å². The molecule has 0 aliphatic rings. The molecule has 1 aromatic heterocycles. The van der Waals surface area contributed by atoms with Crippen LogP contribution in [0.2, 0.25) is 0 Å². The molecular weight excluding hydrogens is 404 g/mol. The number of nitrogens with zero attached hydrogens (tertiary/aromatic N) is 2. The van der Waals surface area contributed by atoms with Crippen molar-refractivity contribution in [3.8, 4) is 17.3 Å². The SMILES string of the molecule is CCCCCCCc1cnc(-c2ccccc2)nc1OCC(Cl)C(C)CCCC(C)C. The van der Waals surface area contributed by atoms with E-state index in [1.54, 1.807) is 0 Å². The maximum absolute atomic E-state index is 6.70. The van der Waals surface area contributed by atoms with E-state index in [2.05, 4.69) is 32.7 Å². The molecule has 0 radical (unpaired) electrons. The van der Waals surface area contributed by atoms with Crippen LogP contribution in [0.15, 0.2) is 36.5 Å². The van der Waals surface area contributed by atoms with Gasteiger partial charge in [0.1, 0.15) is 6.61 Å². The smallest absolute Gasteiger partial charge is 0.220 e. The van der Waals surface area contributed by atoms with E-state index in [1.807, 2.05) is 36.5 Å². The molecule has 4 heteroatoms. The van der Waals surface area contributed by atoms with E-state index in [0.29, 0.717) is 24.2 Å². The Kier molecular flexibility index (Phi) is 12.0. The summed E-state index contributed by atoms with van der Waals surface area (Å²) in [5, 5.41) is -0.0142. The molecule has 172 valence electrons. The predicted molar refractivity (Wildman–Crippen MR) is 133 cm³/mol. The third kappa shape index (κ3) is 9.60. The fourth-order valence-corrected chi connectivity index (χ4v) is 3.87. The summed E-state index contributed by atoms with van der Waals surface area (Å²) in [6, 6.07) is 10.1. The third-order valence-corrected chi connectivity index (χ3v) is 6.40. The zero-order valence-corrected chi connectivity index (χ0v) is 20.7. The molecule has 1 aromatic carbocycles. The number of rotatable bonds is 15. The summed E-state index contributed by atoms with van der Waals surface area (Å²) in [5.74, 6) is 2.58. The van der Waals surface area contributed by atoms with Gasteiger partial charge in [0.25, 0.3) is 0 Å². The lowest BCUT2D eigenvalue weighted by molar-refractivity contribution is 0.268. The highest BCUT2D eigenvalue weighted by molar-refractivity contribution is 6.20. The van der Waals surface area contributed by atoms with Crippen molar-refractivity contribution in [3.05, 3.63) is 42.1 Å². The largest absolute Gasteiger partial charge is 0.476 e. The lowest BCUT2D eigenvalue weighted by atomic mass is 9.97. The Morgan fingerprint density at radius 2 is 1.68 bits per heavy atom. The van der Waals surface area contributed by atoms with Gasteiger partial charge in [0.05, 0.1) is 5.38 Å². The first kappa shape index (κ1) is 25.6. The number of alkyl halides is 1. The summed E-state index contributed by atoms with van der Waals surface area (Å²) >= 11 is 6.70. The molecule has 2 unspecified atom stereocenters. The van der Waals surface area contributed by atoms with Gasteiger partial charge < -0.3 is 4.74 Å². The summed E-state index contributed by atoms with van der Waals surface area (Å²) in [5.41, 5.74) is 2.10. The van der Waals surface area contributed by atoms with E-state index < -0.39 is 0 Å². The van der Waals surface area contributed by atoms with Gasteiger partial charge in [-0.2, -0.15) is 4.98 Å². The van der Waals surface area contributed by atoms with Crippen molar-refractivity contribution in [2.24, 2.45) is 11.8 Å². The maximum Gasteiger partial charge on any atom is 0.220 e. The number of halogens is 1. The number of benzene rings is 1. The maximum atomic E-state index is 6.70. The van der Waals surface area contributed by atoms with Gasteiger partial charge in [-0.05, 0) is 31.1 Å². The highest BCUT2D eigenvalue weighted by Crippen LogP contribution is 2.25. The first-order valence-electron chi connectivity index (χ1n) is 12.2. The van der Waals surface area contributed by atoms with Crippen LogP contribution < -0.4 is 4.74 Å². The molecule has 31 heavy (non-hydrogen) atoms. The molecule has 0 spiro atoms. The standard InChI is InChI=1S/C27H41ClN2O/c1-5-6-7-8-10-18-24-19-29-26(23-16-11-9-12-17-23)30-27(24)31-20-25(28)22(4)15-13-14-21(2)3/h9,11-12,16-17,19,21-22,25H,5-8,10,13-15,18,20H2,1-4H3. The average molecular weight is 445 g/mol. The molecular formula is C27H41ClN2O. The predicted octanol–water partition coefficient (Wildman–Crippen LogP) is 8.11. The molecule has 1 heterocycles. The van der Waals surface area contributed by atoms with Crippen molar-refractivity contribution < 1.29 is 4.74 Å². The van der Waals surface area contributed by atoms with Gasteiger partial charge in [0.2, 0.25) is 5.88 Å². The Balaban J connectivity index is 2.02. The van der Waals surface area contributed by atoms with Crippen LogP contribution in [0.5, 0.6) is 5.88 Å². The molecule has 0 saturated carbocycles. The fraction of sp³-hybridized carbons (Fsp3) is 0.630. The average Bonchev–Trinajstić information content (AvgIpc) is 2.78. The van der Waals surface area contributed by atoms with E-state index in [9.17, 15) is 0 Å². The first-order valence-corrected chi connectivity index (χ1v) is 12.6. The molecule has 0 fully saturated rings. The second kappa shape index (κ2) is 14.5. The van der Waals surface area contributed by atoms with Gasteiger partial charge in [-0.25, -0.2) is 4.98 Å². The number of ether oxygens (including phenoxy) is 1. The quantitative estimate of drug-likeness (QED) is 0.205. The summed E-state index contributed by atoms with van der Waals surface area (Å²) < 4.78 is 6.20. The molecule has 0 aliphatic heterocycles. The Labute approximate surface area is 195 Å². The van der Waals surface area contributed by atoms with Crippen LogP contribution in [0, 0.1) is 11.8 Å². The van der Waals surface area contributed by atoms with Crippen LogP contribution >= 0.6 is 11.6 Å². The Bertz CT molecular complexity index is 735. The summed E-state index contributed by atoms with van der Waals surface area (Å²) in [6.07, 6.45) is 12.7. The molecule has 0 N–H and O–H groups in total. The summed E-state index contributed by atoms with van der Waals surface area (Å²) in [7, 11) is 0. The van der Waals surface area contributed by atoms with Crippen LogP contribution in [0.1, 0.15) is 84.6 Å². The number of unbranched alkanes of at least 4 members (excludes halogenated alkanes) is 4. The van der Waals surface area contributed by atoms with Crippen molar-refractivity contribution in [1.82, 2.24) is 9.97 Å². The zero-order chi connectivity index (χ0) is 22.5. The molecule has 2 atom stereocenters. The highest BCUT2D eigenvalue weighted by Gasteiger charge is 2.17. The van der Waals surface area contributed by atoms with Crippen molar-refractivity contribution in [1.29, 1.82) is 0 Å². The molecule has 0 aliphatic carbocycles. The van der Waals surface area contributed by atoms with Crippen LogP contribution in [-0.4, -0.2) is 22.0 Å². The molecule has 0 saturated heterocycles. The Morgan fingerprint density at radius 1 is 0.935 bits per heavy atom. The topological polar surface area (TPSA) is 35.0 Å². The lowest BCUT2D eigenvalue weighted by Crippen LogP contribution is -2.21. The third-order valence-electron chi connectivity index (χ3n) is 5.84. The van der Waals surface area contributed by atoms with Crippen LogP contribution in [0.3, 0.4) is 0 Å². The molecule has 3 nitrogen and oxygen atoms in total. The lowest BCUT2D eigenvalue weighted by Gasteiger charge is -2.20. The van der Waals surface area contributed by atoms with Gasteiger partial charge in [-0.15, -0.1) is 11.6 Å². The fourth-order valence-electron chi connectivity index (χ4n) is 3.68. The van der Waals surface area contributed by atoms with E-state index in [1.165, 1.54) is 38.5 Å². The zero-order valence-electron chi connectivity index (χ0n) is 19.9. The highest BCUT2D eigenvalue weighted by atomic mass is 35.5. The van der Waals surface area contributed by atoms with Crippen molar-refractivity contribution in [3.63, 3.8) is 0 Å². The molecule has 2 rings (SSSR count). The number of aryl methyl sites for hydroxylation is 1. The minimum atomic E-state index is -0.0142. The summed E-state index contributed by atoms with van der Waals surface area (Å²) in [4.78, 5) is 9.40. The van der Waals surface area contributed by atoms with Crippen molar-refractivity contribution in [2.45, 2.75) is 90.9 Å². The number of hydrogen-bond donors (Lipinski definition) is 0. The van der Waals surface area contributed by atoms with Gasteiger partial charge >= 0.3 is 0 Å². The van der Waals surface area contributed by atoms with Crippen LogP contribution in [-0.2, 0) is 6.42 Å². The first-order chi connectivity index (χ1) is 15.0. The van der Waals surface area contributed by atoms with Gasteiger partial charge in [0.15, 0.2) is 5.82 Å².